The van der Waals surface area contributed by atoms with Crippen LogP contribution >= 0.6 is 0 Å². The van der Waals surface area contributed by atoms with Crippen LogP contribution in [0.5, 0.6) is 0 Å². The van der Waals surface area contributed by atoms with E-state index in [1.54, 1.807) is 24.3 Å². The van der Waals surface area contributed by atoms with E-state index in [1.807, 2.05) is 36.4 Å². The highest BCUT2D eigenvalue weighted by Gasteiger charge is 2.06. The lowest BCUT2D eigenvalue weighted by atomic mass is 10.1. The van der Waals surface area contributed by atoms with Gasteiger partial charge in [-0.05, 0) is 23.3 Å². The van der Waals surface area contributed by atoms with Crippen LogP contribution in [0, 0.1) is 0 Å². The zero-order valence-electron chi connectivity index (χ0n) is 16.2. The number of hydrogen-bond acceptors (Lipinski definition) is 4. The molecule has 0 saturated carbocycles. The molecule has 1 heterocycles. The summed E-state index contributed by atoms with van der Waals surface area (Å²) < 4.78 is 0. The van der Waals surface area contributed by atoms with E-state index >= 15 is 0 Å². The Labute approximate surface area is 172 Å². The molecule has 0 radical (unpaired) electrons. The van der Waals surface area contributed by atoms with E-state index in [4.69, 9.17) is 5.11 Å². The number of H-pyrrole nitrogens is 1. The summed E-state index contributed by atoms with van der Waals surface area (Å²) in [6.07, 6.45) is 3.65. The second-order valence-electron chi connectivity index (χ2n) is 6.63. The topological polar surface area (TPSA) is 124 Å². The molecule has 0 bridgehead atoms. The summed E-state index contributed by atoms with van der Waals surface area (Å²) in [7, 11) is 0. The van der Waals surface area contributed by atoms with Crippen molar-refractivity contribution in [2.45, 2.75) is 19.4 Å². The van der Waals surface area contributed by atoms with Gasteiger partial charge in [0.25, 0.3) is 5.56 Å². The van der Waals surface area contributed by atoms with Crippen molar-refractivity contribution in [1.29, 1.82) is 0 Å². The predicted octanol–water partition coefficient (Wildman–Crippen LogP) is 2.45. The predicted molar refractivity (Wildman–Crippen MR) is 114 cm³/mol. The van der Waals surface area contributed by atoms with Gasteiger partial charge in [0.15, 0.2) is 0 Å². The Morgan fingerprint density at radius 2 is 1.90 bits per heavy atom. The average molecular weight is 406 g/mol. The summed E-state index contributed by atoms with van der Waals surface area (Å²) in [5.41, 5.74) is 2.01. The summed E-state index contributed by atoms with van der Waals surface area (Å²) in [5, 5.41) is 14.7. The average Bonchev–Trinajstić information content (AvgIpc) is 2.75. The van der Waals surface area contributed by atoms with Gasteiger partial charge in [0, 0.05) is 19.5 Å². The first-order valence-corrected chi connectivity index (χ1v) is 9.48. The van der Waals surface area contributed by atoms with Crippen LogP contribution < -0.4 is 16.2 Å². The third-order valence-electron chi connectivity index (χ3n) is 4.34. The highest BCUT2D eigenvalue weighted by Crippen LogP contribution is 2.12. The normalized spacial score (nSPS) is 10.9. The summed E-state index contributed by atoms with van der Waals surface area (Å²) in [6, 6.07) is 14.6. The number of amides is 2. The highest BCUT2D eigenvalue weighted by atomic mass is 16.4. The number of nitrogens with zero attached hydrogens (tertiary/aromatic N) is 1. The van der Waals surface area contributed by atoms with Crippen molar-refractivity contribution < 1.29 is 14.7 Å². The van der Waals surface area contributed by atoms with Crippen LogP contribution in [0.2, 0.25) is 0 Å². The molecule has 0 atom stereocenters. The van der Waals surface area contributed by atoms with Crippen molar-refractivity contribution in [2.75, 3.05) is 6.54 Å². The summed E-state index contributed by atoms with van der Waals surface area (Å²) in [4.78, 5) is 41.7. The molecule has 8 heteroatoms. The third-order valence-corrected chi connectivity index (χ3v) is 4.34. The number of hydrogen-bond donors (Lipinski definition) is 4. The van der Waals surface area contributed by atoms with Crippen LogP contribution in [-0.4, -0.2) is 33.6 Å². The molecule has 2 aromatic carbocycles. The fraction of sp³-hybridized carbons (Fsp3) is 0.182. The zero-order valence-corrected chi connectivity index (χ0v) is 16.2. The molecule has 2 amide bonds. The van der Waals surface area contributed by atoms with E-state index in [9.17, 15) is 14.4 Å². The number of carbonyl (C=O) groups is 2. The molecule has 8 nitrogen and oxygen atoms in total. The first-order valence-electron chi connectivity index (χ1n) is 9.48. The van der Waals surface area contributed by atoms with Crippen molar-refractivity contribution in [1.82, 2.24) is 20.6 Å². The first kappa shape index (κ1) is 20.8. The lowest BCUT2D eigenvalue weighted by Crippen LogP contribution is -2.34. The molecule has 4 N–H and O–H groups in total. The number of urea groups is 1. The molecule has 1 aromatic heterocycles. The molecule has 0 saturated heterocycles. The fourth-order valence-electron chi connectivity index (χ4n) is 2.84. The molecule has 154 valence electrons. The van der Waals surface area contributed by atoms with E-state index in [0.29, 0.717) is 29.8 Å². The quantitative estimate of drug-likeness (QED) is 0.457. The lowest BCUT2D eigenvalue weighted by molar-refractivity contribution is -0.137. The Hall–Kier alpha value is -3.94. The van der Waals surface area contributed by atoms with E-state index in [1.165, 1.54) is 0 Å². The molecular formula is C22H22N4O4. The number of aromatic amines is 1. The standard InChI is InChI=1S/C22H22N4O4/c27-20(28)11-10-19-25-18-9-8-15(13-17(18)21(29)26-19)7-4-12-23-22(30)24-14-16-5-2-1-3-6-16/h1-9,13H,10-12,14H2,(H,27,28)(H2,23,24,30)(H,25,26,29)/b7-4+. The van der Waals surface area contributed by atoms with Crippen LogP contribution in [-0.2, 0) is 17.8 Å². The molecule has 0 unspecified atom stereocenters. The van der Waals surface area contributed by atoms with Crippen LogP contribution in [0.4, 0.5) is 4.79 Å². The second-order valence-corrected chi connectivity index (χ2v) is 6.63. The van der Waals surface area contributed by atoms with Gasteiger partial charge in [0.2, 0.25) is 0 Å². The molecule has 0 aliphatic heterocycles. The zero-order chi connectivity index (χ0) is 21.3. The van der Waals surface area contributed by atoms with Crippen LogP contribution in [0.1, 0.15) is 23.4 Å². The number of aromatic nitrogens is 2. The van der Waals surface area contributed by atoms with Crippen LogP contribution in [0.3, 0.4) is 0 Å². The monoisotopic (exact) mass is 406 g/mol. The molecule has 3 aromatic rings. The molecular weight excluding hydrogens is 384 g/mol. The van der Waals surface area contributed by atoms with Gasteiger partial charge in [0.1, 0.15) is 5.82 Å². The van der Waals surface area contributed by atoms with E-state index in [-0.39, 0.29) is 24.4 Å². The van der Waals surface area contributed by atoms with Gasteiger partial charge >= 0.3 is 12.0 Å². The Balaban J connectivity index is 1.55. The van der Waals surface area contributed by atoms with Crippen molar-refractivity contribution in [2.24, 2.45) is 0 Å². The van der Waals surface area contributed by atoms with Gasteiger partial charge in [0.05, 0.1) is 17.3 Å². The van der Waals surface area contributed by atoms with Crippen molar-refractivity contribution >= 4 is 29.0 Å². The van der Waals surface area contributed by atoms with Crippen molar-refractivity contribution in [3.05, 3.63) is 81.9 Å². The number of benzene rings is 2. The maximum Gasteiger partial charge on any atom is 0.315 e. The van der Waals surface area contributed by atoms with Gasteiger partial charge < -0.3 is 20.7 Å². The van der Waals surface area contributed by atoms with Gasteiger partial charge in [-0.15, -0.1) is 0 Å². The molecule has 3 rings (SSSR count). The van der Waals surface area contributed by atoms with E-state index < -0.39 is 5.97 Å². The number of carboxylic acids is 1. The fourth-order valence-corrected chi connectivity index (χ4v) is 2.84. The van der Waals surface area contributed by atoms with E-state index in [0.717, 1.165) is 11.1 Å². The Morgan fingerprint density at radius 3 is 2.67 bits per heavy atom. The highest BCUT2D eigenvalue weighted by molar-refractivity contribution is 5.80. The number of aryl methyl sites for hydroxylation is 1. The number of rotatable bonds is 8. The molecule has 0 aliphatic carbocycles. The van der Waals surface area contributed by atoms with Gasteiger partial charge in [-0.2, -0.15) is 0 Å². The largest absolute Gasteiger partial charge is 0.481 e. The van der Waals surface area contributed by atoms with Gasteiger partial charge in [-0.3, -0.25) is 9.59 Å². The smallest absolute Gasteiger partial charge is 0.315 e. The lowest BCUT2D eigenvalue weighted by Gasteiger charge is -2.06. The van der Waals surface area contributed by atoms with Crippen molar-refractivity contribution in [3.8, 4) is 0 Å². The second kappa shape index (κ2) is 10.0. The van der Waals surface area contributed by atoms with Crippen molar-refractivity contribution in [3.63, 3.8) is 0 Å². The molecule has 0 aliphatic rings. The summed E-state index contributed by atoms with van der Waals surface area (Å²) in [6.45, 7) is 0.784. The maximum absolute atomic E-state index is 12.3. The molecule has 0 spiro atoms. The number of carboxylic acid groups (broad SMARTS) is 1. The Morgan fingerprint density at radius 1 is 1.10 bits per heavy atom. The summed E-state index contributed by atoms with van der Waals surface area (Å²) in [5.74, 6) is -0.593. The number of nitrogens with one attached hydrogen (secondary N) is 3. The number of fused-ring (bicyclic) bond motifs is 1. The number of aliphatic carboxylic acids is 1. The first-order chi connectivity index (χ1) is 14.5. The van der Waals surface area contributed by atoms with Gasteiger partial charge in [-0.25, -0.2) is 9.78 Å². The maximum atomic E-state index is 12.3. The molecule has 0 fully saturated rings. The minimum Gasteiger partial charge on any atom is -0.481 e. The van der Waals surface area contributed by atoms with Gasteiger partial charge in [-0.1, -0.05) is 48.6 Å². The Kier molecular flexibility index (Phi) is 6.94. The summed E-state index contributed by atoms with van der Waals surface area (Å²) >= 11 is 0. The SMILES string of the molecule is O=C(O)CCc1nc2ccc(/C=C/CNC(=O)NCc3ccccc3)cc2c(=O)[nH]1. The molecule has 30 heavy (non-hydrogen) atoms. The Bertz CT molecular complexity index is 1120. The minimum atomic E-state index is -0.944. The van der Waals surface area contributed by atoms with Crippen LogP contribution in [0.15, 0.2) is 59.4 Å². The van der Waals surface area contributed by atoms with Crippen LogP contribution in [0.25, 0.3) is 17.0 Å². The minimum absolute atomic E-state index is 0.0960. The number of carbonyl (C=O) groups excluding carboxylic acids is 1. The van der Waals surface area contributed by atoms with E-state index in [2.05, 4.69) is 20.6 Å². The third kappa shape index (κ3) is 6.03.